The number of hydrogen-bond acceptors (Lipinski definition) is 3. The monoisotopic (exact) mass is 212 g/mol. The molecule has 0 aliphatic rings. The quantitative estimate of drug-likeness (QED) is 0.702. The molecule has 1 atom stereocenters. The van der Waals surface area contributed by atoms with Crippen LogP contribution < -0.4 is 0 Å². The van der Waals surface area contributed by atoms with Gasteiger partial charge in [-0.3, -0.25) is 0 Å². The first kappa shape index (κ1) is 14.4. The van der Waals surface area contributed by atoms with Crippen molar-refractivity contribution in [3.63, 3.8) is 0 Å². The van der Waals surface area contributed by atoms with Gasteiger partial charge in [0.15, 0.2) is 0 Å². The molecule has 0 rings (SSSR count). The van der Waals surface area contributed by atoms with E-state index in [-0.39, 0.29) is 11.5 Å². The average molecular weight is 212 g/mol. The molecule has 1 N–H and O–H groups in total. The molecule has 1 unspecified atom stereocenters. The van der Waals surface area contributed by atoms with Crippen LogP contribution in [0.2, 0.25) is 0 Å². The molecule has 0 heterocycles. The lowest BCUT2D eigenvalue weighted by Crippen LogP contribution is -2.33. The van der Waals surface area contributed by atoms with E-state index in [0.29, 0.717) is 6.42 Å². The minimum atomic E-state index is -0.227. The van der Waals surface area contributed by atoms with Gasteiger partial charge in [0, 0.05) is 19.5 Å². The van der Waals surface area contributed by atoms with E-state index in [2.05, 4.69) is 31.9 Å². The molecule has 0 aliphatic heterocycles. The number of nitriles is 1. The van der Waals surface area contributed by atoms with Gasteiger partial charge in [-0.05, 0) is 32.2 Å². The lowest BCUT2D eigenvalue weighted by molar-refractivity contribution is 0.143. The second kappa shape index (κ2) is 6.81. The highest BCUT2D eigenvalue weighted by atomic mass is 16.3. The number of aliphatic hydroxyl groups excluding tert-OH is 1. The van der Waals surface area contributed by atoms with Crippen molar-refractivity contribution in [1.29, 1.82) is 5.26 Å². The lowest BCUT2D eigenvalue weighted by Gasteiger charge is -2.30. The number of aliphatic hydroxyl groups is 1. The normalized spacial score (nSPS) is 13.9. The van der Waals surface area contributed by atoms with E-state index in [0.717, 1.165) is 25.9 Å². The van der Waals surface area contributed by atoms with E-state index in [1.807, 2.05) is 6.92 Å². The Morgan fingerprint density at radius 1 is 1.47 bits per heavy atom. The standard InChI is InChI=1S/C12H24N2O/c1-11(15)6-9-14(4)10-12(2,3)7-5-8-13/h11,15H,5-7,9-10H2,1-4H3. The van der Waals surface area contributed by atoms with Crippen molar-refractivity contribution in [2.45, 2.75) is 46.1 Å². The summed E-state index contributed by atoms with van der Waals surface area (Å²) in [5.41, 5.74) is 0.184. The minimum absolute atomic E-state index is 0.184. The maximum atomic E-state index is 9.17. The molecule has 0 aliphatic carbocycles. The second-order valence-electron chi connectivity index (χ2n) is 5.20. The third-order valence-corrected chi connectivity index (χ3v) is 2.54. The fraction of sp³-hybridized carbons (Fsp3) is 0.917. The summed E-state index contributed by atoms with van der Waals surface area (Å²) in [5, 5.41) is 17.7. The second-order valence-corrected chi connectivity index (χ2v) is 5.20. The molecule has 0 saturated heterocycles. The van der Waals surface area contributed by atoms with Gasteiger partial charge in [-0.15, -0.1) is 0 Å². The lowest BCUT2D eigenvalue weighted by atomic mass is 9.87. The van der Waals surface area contributed by atoms with Crippen LogP contribution in [0.5, 0.6) is 0 Å². The minimum Gasteiger partial charge on any atom is -0.393 e. The van der Waals surface area contributed by atoms with Gasteiger partial charge >= 0.3 is 0 Å². The van der Waals surface area contributed by atoms with E-state index in [1.54, 1.807) is 0 Å². The fourth-order valence-electron chi connectivity index (χ4n) is 1.69. The Kier molecular flexibility index (Phi) is 6.55. The smallest absolute Gasteiger partial charge is 0.0621 e. The van der Waals surface area contributed by atoms with Gasteiger partial charge < -0.3 is 10.0 Å². The first-order valence-electron chi connectivity index (χ1n) is 5.61. The van der Waals surface area contributed by atoms with Crippen LogP contribution >= 0.6 is 0 Å². The van der Waals surface area contributed by atoms with Crippen LogP contribution in [0, 0.1) is 16.7 Å². The van der Waals surface area contributed by atoms with Gasteiger partial charge in [-0.1, -0.05) is 13.8 Å². The van der Waals surface area contributed by atoms with E-state index in [4.69, 9.17) is 5.26 Å². The Labute approximate surface area is 93.7 Å². The molecule has 0 aromatic heterocycles. The van der Waals surface area contributed by atoms with Crippen molar-refractivity contribution in [2.24, 2.45) is 5.41 Å². The van der Waals surface area contributed by atoms with E-state index in [1.165, 1.54) is 0 Å². The van der Waals surface area contributed by atoms with Crippen LogP contribution in [0.1, 0.15) is 40.0 Å². The Morgan fingerprint density at radius 2 is 2.07 bits per heavy atom. The van der Waals surface area contributed by atoms with Gasteiger partial charge in [0.05, 0.1) is 12.2 Å². The van der Waals surface area contributed by atoms with Crippen LogP contribution in [0.4, 0.5) is 0 Å². The molecular formula is C12H24N2O. The fourth-order valence-corrected chi connectivity index (χ4v) is 1.69. The summed E-state index contributed by atoms with van der Waals surface area (Å²) in [6.07, 6.45) is 2.14. The maximum absolute atomic E-state index is 9.17. The van der Waals surface area contributed by atoms with Crippen LogP contribution in [0.3, 0.4) is 0 Å². The van der Waals surface area contributed by atoms with Gasteiger partial charge in [0.1, 0.15) is 0 Å². The highest BCUT2D eigenvalue weighted by molar-refractivity contribution is 4.79. The molecule has 0 aromatic carbocycles. The first-order valence-corrected chi connectivity index (χ1v) is 5.61. The Morgan fingerprint density at radius 3 is 2.53 bits per heavy atom. The zero-order valence-electron chi connectivity index (χ0n) is 10.5. The van der Waals surface area contributed by atoms with E-state index < -0.39 is 0 Å². The summed E-state index contributed by atoms with van der Waals surface area (Å²) in [5.74, 6) is 0. The van der Waals surface area contributed by atoms with Crippen molar-refractivity contribution in [1.82, 2.24) is 4.90 Å². The molecule has 0 bridgehead atoms. The molecule has 0 saturated carbocycles. The summed E-state index contributed by atoms with van der Waals surface area (Å²) < 4.78 is 0. The van der Waals surface area contributed by atoms with Crippen LogP contribution in [0.25, 0.3) is 0 Å². The molecule has 0 aromatic rings. The third-order valence-electron chi connectivity index (χ3n) is 2.54. The van der Waals surface area contributed by atoms with Crippen molar-refractivity contribution >= 4 is 0 Å². The molecule has 3 heteroatoms. The van der Waals surface area contributed by atoms with E-state index >= 15 is 0 Å². The average Bonchev–Trinajstić information content (AvgIpc) is 2.11. The number of nitrogens with zero attached hydrogens (tertiary/aromatic N) is 2. The SMILES string of the molecule is CC(O)CCN(C)CC(C)(C)CCC#N. The highest BCUT2D eigenvalue weighted by Gasteiger charge is 2.19. The van der Waals surface area contributed by atoms with Crippen molar-refractivity contribution in [3.05, 3.63) is 0 Å². The van der Waals surface area contributed by atoms with Crippen LogP contribution in [0.15, 0.2) is 0 Å². The first-order chi connectivity index (χ1) is 6.87. The number of rotatable bonds is 7. The van der Waals surface area contributed by atoms with Crippen LogP contribution in [-0.4, -0.2) is 36.2 Å². The Bertz CT molecular complexity index is 206. The number of hydrogen-bond donors (Lipinski definition) is 1. The third kappa shape index (κ3) is 8.41. The van der Waals surface area contributed by atoms with Crippen LogP contribution in [-0.2, 0) is 0 Å². The maximum Gasteiger partial charge on any atom is 0.0621 e. The molecule has 0 fully saturated rings. The molecular weight excluding hydrogens is 188 g/mol. The predicted octanol–water partition coefficient (Wildman–Crippen LogP) is 2.02. The van der Waals surface area contributed by atoms with Gasteiger partial charge in [0.2, 0.25) is 0 Å². The summed E-state index contributed by atoms with van der Waals surface area (Å²) in [6.45, 7) is 8.07. The van der Waals surface area contributed by atoms with Crippen molar-refractivity contribution in [2.75, 3.05) is 20.1 Å². The molecule has 0 spiro atoms. The topological polar surface area (TPSA) is 47.3 Å². The summed E-state index contributed by atoms with van der Waals surface area (Å²) >= 11 is 0. The molecule has 3 nitrogen and oxygen atoms in total. The van der Waals surface area contributed by atoms with Gasteiger partial charge in [-0.25, -0.2) is 0 Å². The zero-order valence-corrected chi connectivity index (χ0v) is 10.5. The molecule has 88 valence electrons. The summed E-state index contributed by atoms with van der Waals surface area (Å²) in [7, 11) is 2.07. The van der Waals surface area contributed by atoms with Gasteiger partial charge in [0.25, 0.3) is 0 Å². The summed E-state index contributed by atoms with van der Waals surface area (Å²) in [6, 6.07) is 2.19. The Balaban J connectivity index is 3.83. The Hall–Kier alpha value is -0.590. The predicted molar refractivity (Wildman–Crippen MR) is 62.4 cm³/mol. The summed E-state index contributed by atoms with van der Waals surface area (Å²) in [4.78, 5) is 2.23. The largest absolute Gasteiger partial charge is 0.393 e. The van der Waals surface area contributed by atoms with Crippen molar-refractivity contribution in [3.8, 4) is 6.07 Å². The molecule has 0 amide bonds. The van der Waals surface area contributed by atoms with Gasteiger partial charge in [-0.2, -0.15) is 5.26 Å². The zero-order chi connectivity index (χ0) is 11.9. The van der Waals surface area contributed by atoms with E-state index in [9.17, 15) is 5.11 Å². The van der Waals surface area contributed by atoms with Crippen molar-refractivity contribution < 1.29 is 5.11 Å². The molecule has 15 heavy (non-hydrogen) atoms. The molecule has 0 radical (unpaired) electrons. The highest BCUT2D eigenvalue weighted by Crippen LogP contribution is 2.22.